The second-order valence-corrected chi connectivity index (χ2v) is 2.84. The van der Waals surface area contributed by atoms with Gasteiger partial charge in [0.2, 0.25) is 0 Å². The minimum absolute atomic E-state index is 0. The first-order valence-electron chi connectivity index (χ1n) is 2.36. The average molecular weight is 133 g/mol. The van der Waals surface area contributed by atoms with Crippen molar-refractivity contribution in [3.05, 3.63) is 11.0 Å². The molecule has 0 radical (unpaired) electrons. The van der Waals surface area contributed by atoms with Crippen LogP contribution in [0.25, 0.3) is 0 Å². The van der Waals surface area contributed by atoms with E-state index >= 15 is 0 Å². The summed E-state index contributed by atoms with van der Waals surface area (Å²) in [4.78, 5) is 2.26. The summed E-state index contributed by atoms with van der Waals surface area (Å²) in [5.41, 5.74) is 0. The summed E-state index contributed by atoms with van der Waals surface area (Å²) in [5.74, 6) is 0. The van der Waals surface area contributed by atoms with E-state index in [1.165, 1.54) is 5.28 Å². The Morgan fingerprint density at radius 3 is 2.29 bits per heavy atom. The van der Waals surface area contributed by atoms with E-state index in [4.69, 9.17) is 0 Å². The fraction of sp³-hybridized carbons (Fsp3) is 0.600. The van der Waals surface area contributed by atoms with Crippen LogP contribution in [0.5, 0.6) is 0 Å². The van der Waals surface area contributed by atoms with Crippen molar-refractivity contribution in [3.63, 3.8) is 0 Å². The van der Waals surface area contributed by atoms with Gasteiger partial charge in [0, 0.05) is 0 Å². The first-order valence-corrected chi connectivity index (χ1v) is 3.84. The summed E-state index contributed by atoms with van der Waals surface area (Å²) in [6.45, 7) is 4.29. The maximum Gasteiger partial charge on any atom is -1.00 e. The Labute approximate surface area is 58.1 Å². The van der Waals surface area contributed by atoms with E-state index in [1.54, 1.807) is 0 Å². The minimum Gasteiger partial charge on any atom is -1.00 e. The number of rotatable bonds is 2. The summed E-state index contributed by atoms with van der Waals surface area (Å²) in [7, 11) is 0. The van der Waals surface area contributed by atoms with Crippen LogP contribution in [-0.2, 0) is 0 Å². The van der Waals surface area contributed by atoms with Crippen molar-refractivity contribution in [1.82, 2.24) is 0 Å². The molecule has 0 nitrogen and oxygen atoms in total. The Kier molecular flexibility index (Phi) is 14.7. The van der Waals surface area contributed by atoms with Crippen LogP contribution >= 0.6 is 0 Å². The van der Waals surface area contributed by atoms with Crippen LogP contribution in [0.4, 0.5) is 0 Å². The summed E-state index contributed by atoms with van der Waals surface area (Å²) >= 11 is 0.638. The molecule has 0 heterocycles. The standard InChI is InChI=1S/C3H5.C2H5.Al.ClH/c1-3-2;1-2;;/h1,3H,2H3;1H2,2H3;;1H/q;;+1;/p-1. The van der Waals surface area contributed by atoms with Crippen molar-refractivity contribution in [1.29, 1.82) is 0 Å². The zero-order valence-electron chi connectivity index (χ0n) is 4.82. The Bertz CT molecular complexity index is 43.3. The number of hydrogen-bond donors (Lipinski definition) is 0. The Morgan fingerprint density at radius 1 is 1.57 bits per heavy atom. The van der Waals surface area contributed by atoms with Gasteiger partial charge in [-0.25, -0.2) is 0 Å². The van der Waals surface area contributed by atoms with Crippen LogP contribution in [0.15, 0.2) is 11.0 Å². The summed E-state index contributed by atoms with van der Waals surface area (Å²) in [6.07, 6.45) is 2.12. The molecule has 0 saturated heterocycles. The zero-order chi connectivity index (χ0) is 4.83. The molecular weight excluding hydrogens is 122 g/mol. The van der Waals surface area contributed by atoms with Gasteiger partial charge in [-0.1, -0.05) is 0 Å². The van der Waals surface area contributed by atoms with Gasteiger partial charge in [0.25, 0.3) is 0 Å². The Morgan fingerprint density at radius 2 is 2.14 bits per heavy atom. The van der Waals surface area contributed by atoms with Crippen molar-refractivity contribution in [2.24, 2.45) is 0 Å². The van der Waals surface area contributed by atoms with Crippen molar-refractivity contribution < 1.29 is 12.4 Å². The van der Waals surface area contributed by atoms with Gasteiger partial charge in [-0.05, 0) is 0 Å². The summed E-state index contributed by atoms with van der Waals surface area (Å²) in [5, 5.41) is 1.35. The predicted molar refractivity (Wildman–Crippen MR) is 31.0 cm³/mol. The molecular formula is C5H10AlCl. The number of hydrogen-bond acceptors (Lipinski definition) is 0. The third kappa shape index (κ3) is 10.8. The number of allylic oxidation sites excluding steroid dienone is 1. The summed E-state index contributed by atoms with van der Waals surface area (Å²) < 4.78 is 0. The smallest absolute Gasteiger partial charge is 1.00 e. The molecule has 0 atom stereocenters. The molecule has 0 bridgehead atoms. The number of halogens is 1. The molecule has 0 aromatic rings. The zero-order valence-corrected chi connectivity index (χ0v) is 6.73. The molecule has 7 heavy (non-hydrogen) atoms. The van der Waals surface area contributed by atoms with E-state index in [2.05, 4.69) is 24.9 Å². The van der Waals surface area contributed by atoms with E-state index in [0.29, 0.717) is 15.2 Å². The van der Waals surface area contributed by atoms with Gasteiger partial charge in [-0.15, -0.1) is 0 Å². The molecule has 0 unspecified atom stereocenters. The normalized spacial score (nSPS) is 7.71. The molecule has 0 aliphatic rings. The minimum atomic E-state index is 0. The van der Waals surface area contributed by atoms with Gasteiger partial charge in [-0.2, -0.15) is 0 Å². The second-order valence-electron chi connectivity index (χ2n) is 1.17. The molecule has 0 fully saturated rings. The third-order valence-corrected chi connectivity index (χ3v) is 1.69. The van der Waals surface area contributed by atoms with Gasteiger partial charge in [0.1, 0.15) is 0 Å². The van der Waals surface area contributed by atoms with Crippen LogP contribution in [0.1, 0.15) is 13.8 Å². The van der Waals surface area contributed by atoms with Crippen LogP contribution in [0, 0.1) is 0 Å². The molecule has 0 aliphatic heterocycles. The molecule has 0 saturated carbocycles. The Hall–Kier alpha value is 0.562. The predicted octanol–water partition coefficient (Wildman–Crippen LogP) is -1.33. The molecule has 0 aromatic carbocycles. The van der Waals surface area contributed by atoms with Gasteiger partial charge in [0.15, 0.2) is 0 Å². The van der Waals surface area contributed by atoms with Crippen molar-refractivity contribution >= 4 is 15.2 Å². The van der Waals surface area contributed by atoms with Gasteiger partial charge >= 0.3 is 45.4 Å². The third-order valence-electron chi connectivity index (χ3n) is 0.564. The SMILES string of the molecule is CC=[CH][Al+][CH2]C.[Cl-]. The van der Waals surface area contributed by atoms with E-state index in [1.807, 2.05) is 0 Å². The van der Waals surface area contributed by atoms with E-state index < -0.39 is 0 Å². The molecule has 0 amide bonds. The Balaban J connectivity index is 0. The fourth-order valence-electron chi connectivity index (χ4n) is 0.272. The second kappa shape index (κ2) is 9.75. The molecule has 0 rings (SSSR count). The molecule has 2 heteroatoms. The maximum absolute atomic E-state index is 2.26. The van der Waals surface area contributed by atoms with Crippen molar-refractivity contribution in [2.45, 2.75) is 19.1 Å². The first kappa shape index (κ1) is 10.5. The molecule has 0 N–H and O–H groups in total. The molecule has 0 spiro atoms. The van der Waals surface area contributed by atoms with Crippen molar-refractivity contribution in [3.8, 4) is 0 Å². The van der Waals surface area contributed by atoms with Crippen LogP contribution in [-0.4, -0.2) is 15.2 Å². The van der Waals surface area contributed by atoms with Gasteiger partial charge in [-0.3, -0.25) is 0 Å². The maximum atomic E-state index is 2.26. The fourth-order valence-corrected chi connectivity index (χ4v) is 0.816. The molecule has 0 aromatic heterocycles. The van der Waals surface area contributed by atoms with Gasteiger partial charge < -0.3 is 12.4 Å². The first-order chi connectivity index (χ1) is 2.91. The summed E-state index contributed by atoms with van der Waals surface area (Å²) in [6, 6.07) is 0. The van der Waals surface area contributed by atoms with E-state index in [-0.39, 0.29) is 12.4 Å². The van der Waals surface area contributed by atoms with Crippen LogP contribution in [0.2, 0.25) is 5.28 Å². The van der Waals surface area contributed by atoms with Gasteiger partial charge in [0.05, 0.1) is 0 Å². The topological polar surface area (TPSA) is 0 Å². The molecule has 40 valence electrons. The van der Waals surface area contributed by atoms with E-state index in [0.717, 1.165) is 0 Å². The van der Waals surface area contributed by atoms with Crippen LogP contribution in [0.3, 0.4) is 0 Å². The van der Waals surface area contributed by atoms with Crippen molar-refractivity contribution in [2.75, 3.05) is 0 Å². The average Bonchev–Trinajstić information content (AvgIpc) is 1.61. The van der Waals surface area contributed by atoms with Crippen LogP contribution < -0.4 is 12.4 Å². The monoisotopic (exact) mass is 132 g/mol. The largest absolute Gasteiger partial charge is 1.00 e. The molecule has 0 aliphatic carbocycles. The van der Waals surface area contributed by atoms with E-state index in [9.17, 15) is 0 Å². The quantitative estimate of drug-likeness (QED) is 0.409.